The largest absolute Gasteiger partial charge is 0.456 e. The summed E-state index contributed by atoms with van der Waals surface area (Å²) < 4.78 is 5.13. The molecular weight excluding hydrogens is 314 g/mol. The van der Waals surface area contributed by atoms with Crippen molar-refractivity contribution >= 4 is 29.2 Å². The maximum absolute atomic E-state index is 11.9. The Bertz CT molecular complexity index is 616. The molecule has 4 nitrogen and oxygen atoms in total. The zero-order valence-corrected chi connectivity index (χ0v) is 14.1. The van der Waals surface area contributed by atoms with E-state index in [1.165, 1.54) is 19.3 Å². The first-order valence-electron chi connectivity index (χ1n) is 8.23. The van der Waals surface area contributed by atoms with Crippen molar-refractivity contribution in [2.45, 2.75) is 39.0 Å². The van der Waals surface area contributed by atoms with Gasteiger partial charge in [-0.1, -0.05) is 24.1 Å². The van der Waals surface area contributed by atoms with Crippen molar-refractivity contribution in [3.8, 4) is 0 Å². The van der Waals surface area contributed by atoms with Crippen molar-refractivity contribution in [1.29, 1.82) is 0 Å². The molecule has 5 heteroatoms. The van der Waals surface area contributed by atoms with E-state index in [-0.39, 0.29) is 18.5 Å². The number of halogens is 1. The predicted octanol–water partition coefficient (Wildman–Crippen LogP) is 3.96. The van der Waals surface area contributed by atoms with Crippen LogP contribution in [-0.4, -0.2) is 18.5 Å². The highest BCUT2D eigenvalue weighted by molar-refractivity contribution is 6.31. The second-order valence-electron chi connectivity index (χ2n) is 6.76. The van der Waals surface area contributed by atoms with Gasteiger partial charge in [0.05, 0.1) is 0 Å². The topological polar surface area (TPSA) is 55.4 Å². The van der Waals surface area contributed by atoms with Crippen molar-refractivity contribution < 1.29 is 14.3 Å². The molecule has 1 aromatic carbocycles. The lowest BCUT2D eigenvalue weighted by Crippen LogP contribution is -2.23. The van der Waals surface area contributed by atoms with Gasteiger partial charge in [-0.2, -0.15) is 0 Å². The molecule has 0 radical (unpaired) electrons. The van der Waals surface area contributed by atoms with Crippen LogP contribution in [0.2, 0.25) is 5.02 Å². The Hall–Kier alpha value is -1.55. The van der Waals surface area contributed by atoms with Crippen LogP contribution in [0.1, 0.15) is 37.7 Å². The molecule has 2 aliphatic rings. The van der Waals surface area contributed by atoms with Gasteiger partial charge in [-0.25, -0.2) is 0 Å². The standard InChI is InChI=1S/C18H22ClNO3/c1-11-15(19)3-2-4-16(11)20-17(21)10-23-18(22)9-14-8-12-5-6-13(14)7-12/h2-4,12-14H,5-10H2,1H3,(H,20,21)/t12-,13+,14+/m0/s1. The number of rotatable bonds is 5. The molecule has 23 heavy (non-hydrogen) atoms. The van der Waals surface area contributed by atoms with Gasteiger partial charge < -0.3 is 10.1 Å². The summed E-state index contributed by atoms with van der Waals surface area (Å²) in [4.78, 5) is 23.8. The summed E-state index contributed by atoms with van der Waals surface area (Å²) in [7, 11) is 0. The van der Waals surface area contributed by atoms with Crippen LogP contribution in [0.3, 0.4) is 0 Å². The molecule has 0 spiro atoms. The smallest absolute Gasteiger partial charge is 0.306 e. The molecule has 2 saturated carbocycles. The molecule has 2 fully saturated rings. The van der Waals surface area contributed by atoms with E-state index in [2.05, 4.69) is 5.32 Å². The molecule has 2 aliphatic carbocycles. The number of fused-ring (bicyclic) bond motifs is 2. The number of hydrogen-bond acceptors (Lipinski definition) is 3. The zero-order valence-electron chi connectivity index (χ0n) is 13.3. The Kier molecular flexibility index (Phi) is 4.90. The molecular formula is C18H22ClNO3. The number of anilines is 1. The summed E-state index contributed by atoms with van der Waals surface area (Å²) in [6.45, 7) is 1.59. The number of nitrogens with one attached hydrogen (secondary N) is 1. The maximum atomic E-state index is 11.9. The molecule has 1 aromatic rings. The van der Waals surface area contributed by atoms with Gasteiger partial charge in [0.15, 0.2) is 6.61 Å². The van der Waals surface area contributed by atoms with Crippen LogP contribution in [0.15, 0.2) is 18.2 Å². The highest BCUT2D eigenvalue weighted by atomic mass is 35.5. The number of carbonyl (C=O) groups is 2. The number of hydrogen-bond donors (Lipinski definition) is 1. The molecule has 2 bridgehead atoms. The molecule has 124 valence electrons. The van der Waals surface area contributed by atoms with Crippen molar-refractivity contribution in [1.82, 2.24) is 0 Å². The van der Waals surface area contributed by atoms with Gasteiger partial charge in [0.25, 0.3) is 5.91 Å². The lowest BCUT2D eigenvalue weighted by Gasteiger charge is -2.20. The lowest BCUT2D eigenvalue weighted by molar-refractivity contribution is -0.148. The first kappa shape index (κ1) is 16.3. The first-order chi connectivity index (χ1) is 11.0. The number of ether oxygens (including phenoxy) is 1. The fourth-order valence-electron chi connectivity index (χ4n) is 3.97. The van der Waals surface area contributed by atoms with Crippen LogP contribution < -0.4 is 5.32 Å². The summed E-state index contributed by atoms with van der Waals surface area (Å²) in [5, 5.41) is 3.32. The maximum Gasteiger partial charge on any atom is 0.306 e. The van der Waals surface area contributed by atoms with Crippen LogP contribution >= 0.6 is 11.6 Å². The van der Waals surface area contributed by atoms with Crippen LogP contribution in [0, 0.1) is 24.7 Å². The minimum atomic E-state index is -0.336. The monoisotopic (exact) mass is 335 g/mol. The number of carbonyl (C=O) groups excluding carboxylic acids is 2. The summed E-state index contributed by atoms with van der Waals surface area (Å²) in [6, 6.07) is 5.31. The van der Waals surface area contributed by atoms with Gasteiger partial charge in [0.2, 0.25) is 0 Å². The normalized spacial score (nSPS) is 25.4. The number of esters is 1. The highest BCUT2D eigenvalue weighted by Crippen LogP contribution is 2.49. The van der Waals surface area contributed by atoms with E-state index in [1.807, 2.05) is 6.92 Å². The third-order valence-corrected chi connectivity index (χ3v) is 5.63. The third-order valence-electron chi connectivity index (χ3n) is 5.22. The summed E-state index contributed by atoms with van der Waals surface area (Å²) in [5.74, 6) is 1.36. The van der Waals surface area contributed by atoms with Gasteiger partial charge in [-0.3, -0.25) is 9.59 Å². The zero-order chi connectivity index (χ0) is 16.4. The molecule has 0 heterocycles. The predicted molar refractivity (Wildman–Crippen MR) is 89.3 cm³/mol. The van der Waals surface area contributed by atoms with E-state index in [0.717, 1.165) is 17.9 Å². The van der Waals surface area contributed by atoms with Crippen LogP contribution in [0.5, 0.6) is 0 Å². The Labute approximate surface area is 141 Å². The molecule has 0 saturated heterocycles. The van der Waals surface area contributed by atoms with E-state index in [1.54, 1.807) is 18.2 Å². The Morgan fingerprint density at radius 1 is 1.30 bits per heavy atom. The number of amides is 1. The van der Waals surface area contributed by atoms with E-state index in [4.69, 9.17) is 16.3 Å². The fourth-order valence-corrected chi connectivity index (χ4v) is 4.15. The minimum Gasteiger partial charge on any atom is -0.456 e. The second kappa shape index (κ2) is 6.91. The SMILES string of the molecule is Cc1c(Cl)cccc1NC(=O)COC(=O)C[C@H]1C[C@H]2CC[C@@H]1C2. The van der Waals surface area contributed by atoms with Gasteiger partial charge >= 0.3 is 5.97 Å². The van der Waals surface area contributed by atoms with E-state index < -0.39 is 0 Å². The van der Waals surface area contributed by atoms with Crippen LogP contribution in [0.25, 0.3) is 0 Å². The molecule has 1 amide bonds. The quantitative estimate of drug-likeness (QED) is 0.829. The Morgan fingerprint density at radius 3 is 2.83 bits per heavy atom. The Balaban J connectivity index is 1.43. The van der Waals surface area contributed by atoms with E-state index >= 15 is 0 Å². The average Bonchev–Trinajstić information content (AvgIpc) is 3.12. The van der Waals surface area contributed by atoms with Gasteiger partial charge in [0, 0.05) is 17.1 Å². The molecule has 3 atom stereocenters. The average molecular weight is 336 g/mol. The van der Waals surface area contributed by atoms with Gasteiger partial charge in [-0.15, -0.1) is 0 Å². The number of benzene rings is 1. The summed E-state index contributed by atoms with van der Waals surface area (Å²) in [5.41, 5.74) is 1.45. The van der Waals surface area contributed by atoms with Crippen LogP contribution in [0.4, 0.5) is 5.69 Å². The van der Waals surface area contributed by atoms with Crippen molar-refractivity contribution in [3.05, 3.63) is 28.8 Å². The minimum absolute atomic E-state index is 0.244. The molecule has 3 rings (SSSR count). The van der Waals surface area contributed by atoms with Crippen molar-refractivity contribution in [2.75, 3.05) is 11.9 Å². The van der Waals surface area contributed by atoms with Crippen molar-refractivity contribution in [3.63, 3.8) is 0 Å². The third kappa shape index (κ3) is 3.86. The molecule has 0 aromatic heterocycles. The fraction of sp³-hybridized carbons (Fsp3) is 0.556. The highest BCUT2D eigenvalue weighted by Gasteiger charge is 2.40. The van der Waals surface area contributed by atoms with Crippen LogP contribution in [-0.2, 0) is 14.3 Å². The van der Waals surface area contributed by atoms with E-state index in [9.17, 15) is 9.59 Å². The molecule has 1 N–H and O–H groups in total. The lowest BCUT2D eigenvalue weighted by atomic mass is 9.86. The Morgan fingerprint density at radius 2 is 2.13 bits per heavy atom. The summed E-state index contributed by atoms with van der Waals surface area (Å²) >= 11 is 6.01. The van der Waals surface area contributed by atoms with Crippen molar-refractivity contribution in [2.24, 2.45) is 17.8 Å². The molecule has 0 unspecified atom stereocenters. The van der Waals surface area contributed by atoms with Gasteiger partial charge in [0.1, 0.15) is 0 Å². The first-order valence-corrected chi connectivity index (χ1v) is 8.61. The summed E-state index contributed by atoms with van der Waals surface area (Å²) in [6.07, 6.45) is 5.43. The van der Waals surface area contributed by atoms with Gasteiger partial charge in [-0.05, 0) is 61.6 Å². The second-order valence-corrected chi connectivity index (χ2v) is 7.17. The van der Waals surface area contributed by atoms with E-state index in [0.29, 0.717) is 29.0 Å². The molecule has 0 aliphatic heterocycles.